The van der Waals surface area contributed by atoms with Crippen molar-refractivity contribution < 1.29 is 8.78 Å². The Morgan fingerprint density at radius 2 is 2.00 bits per heavy atom. The minimum Gasteiger partial charge on any atom is -0.343 e. The van der Waals surface area contributed by atoms with Gasteiger partial charge in [0, 0.05) is 0 Å². The Labute approximate surface area is 96.0 Å². The van der Waals surface area contributed by atoms with Gasteiger partial charge in [0.15, 0.2) is 0 Å². The Morgan fingerprint density at radius 3 is 2.69 bits per heavy atom. The van der Waals surface area contributed by atoms with E-state index in [4.69, 9.17) is 12.2 Å². The molecular weight excluding hydrogens is 230 g/mol. The van der Waals surface area contributed by atoms with Crippen molar-refractivity contribution in [2.45, 2.75) is 6.92 Å². The van der Waals surface area contributed by atoms with Crippen LogP contribution in [-0.2, 0) is 0 Å². The third kappa shape index (κ3) is 1.86. The van der Waals surface area contributed by atoms with Crippen molar-refractivity contribution in [1.29, 1.82) is 0 Å². The molecule has 0 atom stereocenters. The number of H-pyrrole nitrogens is 1. The third-order valence-corrected chi connectivity index (χ3v) is 2.41. The molecule has 1 N–H and O–H groups in total. The Balaban J connectivity index is 2.73. The first-order valence-corrected chi connectivity index (χ1v) is 4.99. The molecule has 82 valence electrons. The van der Waals surface area contributed by atoms with Crippen molar-refractivity contribution in [2.75, 3.05) is 0 Å². The molecule has 0 amide bonds. The summed E-state index contributed by atoms with van der Waals surface area (Å²) in [7, 11) is 0. The van der Waals surface area contributed by atoms with Crippen LogP contribution in [0.3, 0.4) is 0 Å². The number of benzene rings is 1. The second-order valence-corrected chi connectivity index (χ2v) is 3.80. The average Bonchev–Trinajstić information content (AvgIpc) is 2.24. The Kier molecular flexibility index (Phi) is 2.78. The molecule has 16 heavy (non-hydrogen) atoms. The largest absolute Gasteiger partial charge is 0.343 e. The third-order valence-electron chi connectivity index (χ3n) is 2.21. The lowest BCUT2D eigenvalue weighted by atomic mass is 10.1. The monoisotopic (exact) mass is 238 g/mol. The number of halogens is 2. The highest BCUT2D eigenvalue weighted by Crippen LogP contribution is 2.25. The summed E-state index contributed by atoms with van der Waals surface area (Å²) < 4.78 is 27.6. The zero-order valence-corrected chi connectivity index (χ0v) is 9.24. The maximum absolute atomic E-state index is 13.8. The summed E-state index contributed by atoms with van der Waals surface area (Å²) >= 11 is 4.86. The van der Waals surface area contributed by atoms with E-state index in [1.54, 1.807) is 6.92 Å². The summed E-state index contributed by atoms with van der Waals surface area (Å²) in [5.74, 6) is -1.24. The van der Waals surface area contributed by atoms with Crippen molar-refractivity contribution >= 4 is 12.2 Å². The lowest BCUT2D eigenvalue weighted by Crippen LogP contribution is -1.96. The van der Waals surface area contributed by atoms with Crippen LogP contribution in [0.2, 0.25) is 0 Å². The van der Waals surface area contributed by atoms with E-state index in [0.29, 0.717) is 10.2 Å². The zero-order valence-electron chi connectivity index (χ0n) is 8.42. The van der Waals surface area contributed by atoms with Crippen LogP contribution < -0.4 is 0 Å². The average molecular weight is 238 g/mol. The van der Waals surface area contributed by atoms with Crippen molar-refractivity contribution in [1.82, 2.24) is 9.97 Å². The van der Waals surface area contributed by atoms with Crippen LogP contribution in [0.1, 0.15) is 5.56 Å². The predicted octanol–water partition coefficient (Wildman–Crippen LogP) is 3.39. The smallest absolute Gasteiger partial charge is 0.138 e. The van der Waals surface area contributed by atoms with E-state index in [9.17, 15) is 8.78 Å². The first kappa shape index (κ1) is 10.9. The summed E-state index contributed by atoms with van der Waals surface area (Å²) in [6.45, 7) is 1.57. The number of hydrogen-bond donors (Lipinski definition) is 1. The normalized spacial score (nSPS) is 10.4. The Hall–Kier alpha value is -1.62. The molecule has 5 heteroatoms. The van der Waals surface area contributed by atoms with Gasteiger partial charge in [0.2, 0.25) is 0 Å². The lowest BCUT2D eigenvalue weighted by Gasteiger charge is -2.06. The van der Waals surface area contributed by atoms with E-state index in [2.05, 4.69) is 9.97 Å². The lowest BCUT2D eigenvalue weighted by molar-refractivity contribution is 0.582. The minimum atomic E-state index is -0.637. The van der Waals surface area contributed by atoms with Crippen molar-refractivity contribution in [2.24, 2.45) is 0 Å². The van der Waals surface area contributed by atoms with Gasteiger partial charge in [-0.15, -0.1) is 0 Å². The Bertz CT molecular complexity index is 593. The maximum Gasteiger partial charge on any atom is 0.138 e. The fourth-order valence-corrected chi connectivity index (χ4v) is 1.58. The topological polar surface area (TPSA) is 28.7 Å². The summed E-state index contributed by atoms with van der Waals surface area (Å²) in [5.41, 5.74) is 0.491. The summed E-state index contributed by atoms with van der Waals surface area (Å²) in [5, 5.41) is 0. The van der Waals surface area contributed by atoms with Crippen LogP contribution in [0.15, 0.2) is 24.5 Å². The first-order chi connectivity index (χ1) is 7.59. The second kappa shape index (κ2) is 4.09. The van der Waals surface area contributed by atoms with E-state index in [1.165, 1.54) is 24.5 Å². The molecule has 0 saturated heterocycles. The number of aromatic nitrogens is 2. The first-order valence-electron chi connectivity index (χ1n) is 4.59. The highest BCUT2D eigenvalue weighted by Gasteiger charge is 2.13. The number of nitrogens with zero attached hydrogens (tertiary/aromatic N) is 1. The number of rotatable bonds is 1. The molecule has 0 aliphatic rings. The van der Waals surface area contributed by atoms with E-state index >= 15 is 0 Å². The fourth-order valence-electron chi connectivity index (χ4n) is 1.41. The molecule has 1 aromatic carbocycles. The molecule has 2 rings (SSSR count). The van der Waals surface area contributed by atoms with Crippen LogP contribution in [0.25, 0.3) is 11.3 Å². The molecule has 0 unspecified atom stereocenters. The van der Waals surface area contributed by atoms with Gasteiger partial charge >= 0.3 is 0 Å². The fraction of sp³-hybridized carbons (Fsp3) is 0.0909. The van der Waals surface area contributed by atoms with Gasteiger partial charge in [-0.1, -0.05) is 18.3 Å². The van der Waals surface area contributed by atoms with Crippen molar-refractivity contribution in [3.05, 3.63) is 46.4 Å². The van der Waals surface area contributed by atoms with Gasteiger partial charge in [-0.25, -0.2) is 8.78 Å². The number of aromatic amines is 1. The van der Waals surface area contributed by atoms with Crippen LogP contribution in [0.4, 0.5) is 8.78 Å². The maximum atomic E-state index is 13.8. The molecule has 0 spiro atoms. The van der Waals surface area contributed by atoms with E-state index in [0.717, 1.165) is 0 Å². The van der Waals surface area contributed by atoms with Crippen molar-refractivity contribution in [3.8, 4) is 11.3 Å². The van der Waals surface area contributed by atoms with Gasteiger partial charge in [0.25, 0.3) is 0 Å². The van der Waals surface area contributed by atoms with E-state index in [-0.39, 0.29) is 11.3 Å². The van der Waals surface area contributed by atoms with E-state index < -0.39 is 11.6 Å². The van der Waals surface area contributed by atoms with Crippen molar-refractivity contribution in [3.63, 3.8) is 0 Å². The number of hydrogen-bond acceptors (Lipinski definition) is 2. The molecule has 1 heterocycles. The molecular formula is C11H8F2N2S. The van der Waals surface area contributed by atoms with Gasteiger partial charge in [0.1, 0.15) is 16.3 Å². The van der Waals surface area contributed by atoms with Crippen LogP contribution in [0.5, 0.6) is 0 Å². The van der Waals surface area contributed by atoms with Crippen LogP contribution in [-0.4, -0.2) is 9.97 Å². The minimum absolute atomic E-state index is 0.126. The van der Waals surface area contributed by atoms with Gasteiger partial charge < -0.3 is 4.98 Å². The van der Waals surface area contributed by atoms with Gasteiger partial charge in [-0.3, -0.25) is 4.98 Å². The van der Waals surface area contributed by atoms with Gasteiger partial charge in [-0.05, 0) is 18.6 Å². The second-order valence-electron chi connectivity index (χ2n) is 3.36. The highest BCUT2D eigenvalue weighted by atomic mass is 32.1. The number of aryl methyl sites for hydroxylation is 1. The molecule has 2 nitrogen and oxygen atoms in total. The zero-order chi connectivity index (χ0) is 11.7. The van der Waals surface area contributed by atoms with Crippen LogP contribution in [0, 0.1) is 23.2 Å². The Morgan fingerprint density at radius 1 is 1.25 bits per heavy atom. The molecule has 0 fully saturated rings. The highest BCUT2D eigenvalue weighted by molar-refractivity contribution is 7.71. The molecule has 0 bridgehead atoms. The molecule has 0 radical (unpaired) electrons. The van der Waals surface area contributed by atoms with Gasteiger partial charge in [0.05, 0.1) is 23.7 Å². The SMILES string of the molecule is Cc1ccc(F)c(-c2cncc(=S)[nH]2)c1F. The van der Waals surface area contributed by atoms with Crippen LogP contribution >= 0.6 is 12.2 Å². The molecule has 1 aromatic heterocycles. The quantitative estimate of drug-likeness (QED) is 0.771. The predicted molar refractivity (Wildman–Crippen MR) is 59.5 cm³/mol. The standard InChI is InChI=1S/C11H8F2N2S/c1-6-2-3-7(12)10(11(6)13)8-4-14-5-9(16)15-8/h2-5H,1H3,(H,15,16). The van der Waals surface area contributed by atoms with E-state index in [1.807, 2.05) is 0 Å². The molecule has 0 aliphatic carbocycles. The summed E-state index contributed by atoms with van der Waals surface area (Å²) in [6.07, 6.45) is 2.75. The number of nitrogens with one attached hydrogen (secondary N) is 1. The molecule has 0 saturated carbocycles. The molecule has 2 aromatic rings. The molecule has 0 aliphatic heterocycles. The van der Waals surface area contributed by atoms with Gasteiger partial charge in [-0.2, -0.15) is 0 Å². The summed E-state index contributed by atoms with van der Waals surface area (Å²) in [6, 6.07) is 2.61. The summed E-state index contributed by atoms with van der Waals surface area (Å²) in [4.78, 5) is 6.51.